The molecule has 1 fully saturated rings. The molecule has 1 amide bonds. The molecule has 3 rings (SSSR count). The Balaban J connectivity index is 1.62. The molecule has 3 heteroatoms. The highest BCUT2D eigenvalue weighted by atomic mass is 16.1. The van der Waals surface area contributed by atoms with Gasteiger partial charge in [0.25, 0.3) is 5.91 Å². The average Bonchev–Trinajstić information content (AvgIpc) is 3.08. The van der Waals surface area contributed by atoms with Crippen LogP contribution in [0.2, 0.25) is 0 Å². The molecule has 25 heavy (non-hydrogen) atoms. The van der Waals surface area contributed by atoms with Crippen LogP contribution in [0.3, 0.4) is 0 Å². The molecule has 0 saturated carbocycles. The molecule has 1 saturated heterocycles. The third-order valence-electron chi connectivity index (χ3n) is 5.06. The van der Waals surface area contributed by atoms with Crippen molar-refractivity contribution in [3.8, 4) is 0 Å². The van der Waals surface area contributed by atoms with Gasteiger partial charge in [0.05, 0.1) is 6.04 Å². The van der Waals surface area contributed by atoms with Crippen LogP contribution in [0, 0.1) is 13.8 Å². The molecule has 0 unspecified atom stereocenters. The summed E-state index contributed by atoms with van der Waals surface area (Å²) in [5, 5.41) is 3.12. The number of amides is 1. The van der Waals surface area contributed by atoms with E-state index in [-0.39, 0.29) is 11.9 Å². The van der Waals surface area contributed by atoms with E-state index >= 15 is 0 Å². The summed E-state index contributed by atoms with van der Waals surface area (Å²) in [5.41, 5.74) is 5.63. The highest BCUT2D eigenvalue weighted by Gasteiger charge is 2.14. The first kappa shape index (κ1) is 17.7. The van der Waals surface area contributed by atoms with E-state index in [1.807, 2.05) is 19.1 Å². The van der Waals surface area contributed by atoms with Crippen LogP contribution in [0.25, 0.3) is 0 Å². The summed E-state index contributed by atoms with van der Waals surface area (Å²) < 4.78 is 0. The molecule has 1 aliphatic heterocycles. The lowest BCUT2D eigenvalue weighted by Gasteiger charge is -2.18. The summed E-state index contributed by atoms with van der Waals surface area (Å²) in [6.45, 7) is 9.59. The fourth-order valence-corrected chi connectivity index (χ4v) is 3.63. The summed E-state index contributed by atoms with van der Waals surface area (Å²) in [5.74, 6) is -0.0137. The molecule has 0 aliphatic carbocycles. The summed E-state index contributed by atoms with van der Waals surface area (Å²) in [7, 11) is 0. The van der Waals surface area contributed by atoms with Gasteiger partial charge in [-0.25, -0.2) is 0 Å². The summed E-state index contributed by atoms with van der Waals surface area (Å²) >= 11 is 0. The van der Waals surface area contributed by atoms with E-state index in [9.17, 15) is 4.79 Å². The number of benzene rings is 2. The van der Waals surface area contributed by atoms with Crippen molar-refractivity contribution in [2.75, 3.05) is 13.1 Å². The minimum Gasteiger partial charge on any atom is -0.346 e. The molecule has 1 aliphatic rings. The van der Waals surface area contributed by atoms with Gasteiger partial charge in [0.15, 0.2) is 0 Å². The van der Waals surface area contributed by atoms with Gasteiger partial charge >= 0.3 is 0 Å². The topological polar surface area (TPSA) is 32.3 Å². The van der Waals surface area contributed by atoms with Crippen molar-refractivity contribution in [1.82, 2.24) is 10.2 Å². The first-order valence-corrected chi connectivity index (χ1v) is 9.22. The summed E-state index contributed by atoms with van der Waals surface area (Å²) in [6.07, 6.45) is 2.60. The second kappa shape index (κ2) is 7.83. The highest BCUT2D eigenvalue weighted by Crippen LogP contribution is 2.19. The molecule has 2 aromatic rings. The number of carbonyl (C=O) groups excluding carboxylic acids is 1. The van der Waals surface area contributed by atoms with E-state index < -0.39 is 0 Å². The van der Waals surface area contributed by atoms with Gasteiger partial charge in [0.2, 0.25) is 0 Å². The monoisotopic (exact) mass is 336 g/mol. The third kappa shape index (κ3) is 4.49. The lowest BCUT2D eigenvalue weighted by molar-refractivity contribution is 0.0940. The van der Waals surface area contributed by atoms with Crippen molar-refractivity contribution in [1.29, 1.82) is 0 Å². The third-order valence-corrected chi connectivity index (χ3v) is 5.06. The molecule has 0 spiro atoms. The number of nitrogens with one attached hydrogen (secondary N) is 1. The zero-order valence-electron chi connectivity index (χ0n) is 15.5. The zero-order valence-corrected chi connectivity index (χ0v) is 15.5. The van der Waals surface area contributed by atoms with Crippen molar-refractivity contribution < 1.29 is 4.79 Å². The van der Waals surface area contributed by atoms with Gasteiger partial charge in [-0.1, -0.05) is 35.9 Å². The smallest absolute Gasteiger partial charge is 0.251 e. The molecule has 0 aromatic heterocycles. The van der Waals surface area contributed by atoms with Gasteiger partial charge in [-0.15, -0.1) is 0 Å². The molecule has 1 heterocycles. The maximum atomic E-state index is 12.5. The summed E-state index contributed by atoms with van der Waals surface area (Å²) in [4.78, 5) is 15.0. The quantitative estimate of drug-likeness (QED) is 0.878. The average molecular weight is 336 g/mol. The molecular formula is C22H28N2O. The van der Waals surface area contributed by atoms with E-state index in [1.165, 1.54) is 48.2 Å². The second-order valence-electron chi connectivity index (χ2n) is 7.24. The van der Waals surface area contributed by atoms with Crippen LogP contribution in [0.1, 0.15) is 58.4 Å². The van der Waals surface area contributed by atoms with Crippen molar-refractivity contribution in [2.24, 2.45) is 0 Å². The number of carbonyl (C=O) groups is 1. The Kier molecular flexibility index (Phi) is 5.54. The minimum absolute atomic E-state index is 0.00243. The van der Waals surface area contributed by atoms with Gasteiger partial charge in [0, 0.05) is 12.1 Å². The predicted octanol–water partition coefficient (Wildman–Crippen LogP) is 4.39. The number of nitrogens with zero attached hydrogens (tertiary/aromatic N) is 1. The van der Waals surface area contributed by atoms with Crippen LogP contribution in [0.15, 0.2) is 42.5 Å². The van der Waals surface area contributed by atoms with Crippen LogP contribution in [0.5, 0.6) is 0 Å². The van der Waals surface area contributed by atoms with Crippen molar-refractivity contribution in [2.45, 2.75) is 46.2 Å². The Bertz CT molecular complexity index is 730. The van der Waals surface area contributed by atoms with E-state index in [2.05, 4.69) is 54.4 Å². The Morgan fingerprint density at radius 2 is 1.76 bits per heavy atom. The van der Waals surface area contributed by atoms with Gasteiger partial charge in [-0.2, -0.15) is 0 Å². The first-order chi connectivity index (χ1) is 12.0. The number of hydrogen-bond acceptors (Lipinski definition) is 2. The predicted molar refractivity (Wildman–Crippen MR) is 103 cm³/mol. The van der Waals surface area contributed by atoms with Gasteiger partial charge in [0.1, 0.15) is 0 Å². The van der Waals surface area contributed by atoms with E-state index in [1.54, 1.807) is 0 Å². The second-order valence-corrected chi connectivity index (χ2v) is 7.24. The summed E-state index contributed by atoms with van der Waals surface area (Å²) in [6, 6.07) is 14.4. The zero-order chi connectivity index (χ0) is 17.8. The van der Waals surface area contributed by atoms with E-state index in [4.69, 9.17) is 0 Å². The van der Waals surface area contributed by atoms with Crippen molar-refractivity contribution in [3.05, 3.63) is 70.3 Å². The van der Waals surface area contributed by atoms with Gasteiger partial charge in [-0.05, 0) is 75.5 Å². The van der Waals surface area contributed by atoms with Gasteiger partial charge in [-0.3, -0.25) is 9.69 Å². The largest absolute Gasteiger partial charge is 0.346 e. The van der Waals surface area contributed by atoms with Crippen LogP contribution >= 0.6 is 0 Å². The first-order valence-electron chi connectivity index (χ1n) is 9.22. The standard InChI is InChI=1S/C22H28N2O/c1-16-6-11-21(17(2)14-16)18(3)23-22(25)20-9-7-19(8-10-20)15-24-12-4-5-13-24/h6-11,14,18H,4-5,12-13,15H2,1-3H3,(H,23,25)/t18-/m1/s1. The van der Waals surface area contributed by atoms with Crippen LogP contribution in [0.4, 0.5) is 0 Å². The lowest BCUT2D eigenvalue weighted by Crippen LogP contribution is -2.27. The Morgan fingerprint density at radius 1 is 1.08 bits per heavy atom. The molecule has 3 nitrogen and oxygen atoms in total. The fraction of sp³-hybridized carbons (Fsp3) is 0.409. The number of aryl methyl sites for hydroxylation is 2. The maximum absolute atomic E-state index is 12.5. The Labute approximate surface area is 151 Å². The number of likely N-dealkylation sites (tertiary alicyclic amines) is 1. The van der Waals surface area contributed by atoms with Gasteiger partial charge < -0.3 is 5.32 Å². The van der Waals surface area contributed by atoms with Crippen LogP contribution in [-0.2, 0) is 6.54 Å². The SMILES string of the molecule is Cc1ccc([C@@H](C)NC(=O)c2ccc(CN3CCCC3)cc2)c(C)c1. The lowest BCUT2D eigenvalue weighted by atomic mass is 10.00. The number of hydrogen-bond donors (Lipinski definition) is 1. The van der Waals surface area contributed by atoms with Crippen molar-refractivity contribution in [3.63, 3.8) is 0 Å². The molecule has 2 aromatic carbocycles. The van der Waals surface area contributed by atoms with Crippen molar-refractivity contribution >= 4 is 5.91 Å². The Morgan fingerprint density at radius 3 is 2.40 bits per heavy atom. The molecule has 1 atom stereocenters. The van der Waals surface area contributed by atoms with Crippen LogP contribution < -0.4 is 5.32 Å². The molecule has 0 bridgehead atoms. The Hall–Kier alpha value is -2.13. The molecular weight excluding hydrogens is 308 g/mol. The highest BCUT2D eigenvalue weighted by molar-refractivity contribution is 5.94. The molecule has 0 radical (unpaired) electrons. The van der Waals surface area contributed by atoms with E-state index in [0.29, 0.717) is 0 Å². The van der Waals surface area contributed by atoms with Crippen LogP contribution in [-0.4, -0.2) is 23.9 Å². The molecule has 1 N–H and O–H groups in total. The normalized spacial score (nSPS) is 16.0. The number of rotatable bonds is 5. The molecule has 132 valence electrons. The van der Waals surface area contributed by atoms with E-state index in [0.717, 1.165) is 12.1 Å². The minimum atomic E-state index is -0.0137. The fourth-order valence-electron chi connectivity index (χ4n) is 3.63. The maximum Gasteiger partial charge on any atom is 0.251 e.